The third kappa shape index (κ3) is 4.08. The number of hydrogen-bond donors (Lipinski definition) is 1. The first-order chi connectivity index (χ1) is 12.4. The molecule has 1 aromatic rings. The van der Waals surface area contributed by atoms with Crippen molar-refractivity contribution in [1.82, 2.24) is 5.01 Å². The molecule has 0 spiro atoms. The molecule has 2 aliphatic heterocycles. The lowest BCUT2D eigenvalue weighted by molar-refractivity contribution is -0.133. The number of hydrogen-bond acceptors (Lipinski definition) is 6. The second-order valence-electron chi connectivity index (χ2n) is 6.33. The first-order valence-corrected chi connectivity index (χ1v) is 10.1. The van der Waals surface area contributed by atoms with Crippen LogP contribution in [0, 0.1) is 11.3 Å². The van der Waals surface area contributed by atoms with Gasteiger partial charge in [0.1, 0.15) is 5.71 Å². The van der Waals surface area contributed by atoms with E-state index in [-0.39, 0.29) is 36.0 Å². The Hall–Kier alpha value is -2.73. The Bertz CT molecular complexity index is 900. The highest BCUT2D eigenvalue weighted by Crippen LogP contribution is 2.22. The number of benzene rings is 1. The van der Waals surface area contributed by atoms with Crippen LogP contribution in [0.1, 0.15) is 24.8 Å². The molecule has 1 saturated heterocycles. The molecule has 0 radical (unpaired) electrons. The van der Waals surface area contributed by atoms with E-state index < -0.39 is 21.8 Å². The van der Waals surface area contributed by atoms with Crippen molar-refractivity contribution < 1.29 is 18.0 Å². The van der Waals surface area contributed by atoms with Gasteiger partial charge in [-0.25, -0.2) is 13.4 Å². The van der Waals surface area contributed by atoms with Crippen LogP contribution in [0.25, 0.3) is 0 Å². The van der Waals surface area contributed by atoms with Crippen LogP contribution in [0.15, 0.2) is 29.4 Å². The SMILES string of the molecule is N#CCc1ccc(NC(=O)C2=NN(C3CCS(=O)(=O)C3)C(=O)CC2)cc1. The molecule has 1 atom stereocenters. The number of carbonyl (C=O) groups excluding carboxylic acids is 2. The summed E-state index contributed by atoms with van der Waals surface area (Å²) in [6.07, 6.45) is 0.978. The van der Waals surface area contributed by atoms with E-state index in [1.165, 1.54) is 5.01 Å². The van der Waals surface area contributed by atoms with Crippen molar-refractivity contribution in [2.75, 3.05) is 16.8 Å². The quantitative estimate of drug-likeness (QED) is 0.838. The van der Waals surface area contributed by atoms with Gasteiger partial charge in [0.15, 0.2) is 9.84 Å². The minimum atomic E-state index is -3.15. The number of nitriles is 1. The van der Waals surface area contributed by atoms with Gasteiger partial charge in [0.05, 0.1) is 30.0 Å². The lowest BCUT2D eigenvalue weighted by Gasteiger charge is -2.27. The molecule has 1 N–H and O–H groups in total. The van der Waals surface area contributed by atoms with Crippen molar-refractivity contribution in [2.45, 2.75) is 31.7 Å². The van der Waals surface area contributed by atoms with Crippen molar-refractivity contribution >= 4 is 33.1 Å². The molecule has 0 saturated carbocycles. The molecule has 9 heteroatoms. The van der Waals surface area contributed by atoms with Crippen LogP contribution in [-0.4, -0.2) is 48.5 Å². The van der Waals surface area contributed by atoms with E-state index in [1.807, 2.05) is 0 Å². The highest BCUT2D eigenvalue weighted by molar-refractivity contribution is 7.91. The average molecular weight is 374 g/mol. The number of carbonyl (C=O) groups is 2. The van der Waals surface area contributed by atoms with Crippen LogP contribution < -0.4 is 5.32 Å². The fourth-order valence-corrected chi connectivity index (χ4v) is 4.68. The van der Waals surface area contributed by atoms with Crippen LogP contribution >= 0.6 is 0 Å². The number of sulfone groups is 1. The smallest absolute Gasteiger partial charge is 0.271 e. The zero-order valence-corrected chi connectivity index (χ0v) is 14.8. The van der Waals surface area contributed by atoms with E-state index in [2.05, 4.69) is 16.5 Å². The molecule has 2 amide bonds. The predicted octanol–water partition coefficient (Wildman–Crippen LogP) is 0.857. The Balaban J connectivity index is 1.71. The molecule has 2 heterocycles. The maximum atomic E-state index is 12.4. The van der Waals surface area contributed by atoms with Gasteiger partial charge in [-0.3, -0.25) is 9.59 Å². The van der Waals surface area contributed by atoms with Crippen molar-refractivity contribution in [3.63, 3.8) is 0 Å². The zero-order chi connectivity index (χ0) is 18.7. The topological polar surface area (TPSA) is 120 Å². The van der Waals surface area contributed by atoms with Gasteiger partial charge in [-0.1, -0.05) is 12.1 Å². The van der Waals surface area contributed by atoms with Crippen LogP contribution in [0.3, 0.4) is 0 Å². The Kier molecular flexibility index (Phi) is 5.04. The Morgan fingerprint density at radius 1 is 1.31 bits per heavy atom. The second-order valence-corrected chi connectivity index (χ2v) is 8.56. The third-order valence-electron chi connectivity index (χ3n) is 4.37. The minimum Gasteiger partial charge on any atom is -0.321 e. The molecule has 3 rings (SSSR count). The molecule has 8 nitrogen and oxygen atoms in total. The maximum Gasteiger partial charge on any atom is 0.271 e. The van der Waals surface area contributed by atoms with Gasteiger partial charge >= 0.3 is 0 Å². The first kappa shape index (κ1) is 18.1. The molecule has 1 aromatic carbocycles. The summed E-state index contributed by atoms with van der Waals surface area (Å²) < 4.78 is 23.3. The highest BCUT2D eigenvalue weighted by Gasteiger charge is 2.37. The Morgan fingerprint density at radius 2 is 2.04 bits per heavy atom. The van der Waals surface area contributed by atoms with E-state index in [0.717, 1.165) is 5.56 Å². The molecule has 0 aromatic heterocycles. The second kappa shape index (κ2) is 7.25. The lowest BCUT2D eigenvalue weighted by atomic mass is 10.1. The van der Waals surface area contributed by atoms with Crippen LogP contribution in [0.4, 0.5) is 5.69 Å². The van der Waals surface area contributed by atoms with E-state index in [4.69, 9.17) is 5.26 Å². The molecule has 2 aliphatic rings. The molecule has 0 bridgehead atoms. The highest BCUT2D eigenvalue weighted by atomic mass is 32.2. The van der Waals surface area contributed by atoms with Crippen molar-refractivity contribution in [3.05, 3.63) is 29.8 Å². The summed E-state index contributed by atoms with van der Waals surface area (Å²) in [7, 11) is -3.15. The molecular formula is C17H18N4O4S. The lowest BCUT2D eigenvalue weighted by Crippen LogP contribution is -2.42. The first-order valence-electron chi connectivity index (χ1n) is 8.25. The molecule has 26 heavy (non-hydrogen) atoms. The molecule has 0 aliphatic carbocycles. The number of nitrogens with one attached hydrogen (secondary N) is 1. The Labute approximate surface area is 151 Å². The van der Waals surface area contributed by atoms with Gasteiger partial charge in [-0.05, 0) is 24.1 Å². The largest absolute Gasteiger partial charge is 0.321 e. The van der Waals surface area contributed by atoms with Gasteiger partial charge in [0, 0.05) is 18.5 Å². The van der Waals surface area contributed by atoms with Gasteiger partial charge in [0.25, 0.3) is 5.91 Å². The van der Waals surface area contributed by atoms with E-state index >= 15 is 0 Å². The van der Waals surface area contributed by atoms with Crippen molar-refractivity contribution in [3.8, 4) is 6.07 Å². The van der Waals surface area contributed by atoms with Crippen molar-refractivity contribution in [1.29, 1.82) is 5.26 Å². The van der Waals surface area contributed by atoms with Gasteiger partial charge in [-0.2, -0.15) is 10.4 Å². The van der Waals surface area contributed by atoms with E-state index in [1.54, 1.807) is 24.3 Å². The average Bonchev–Trinajstić information content (AvgIpc) is 2.97. The fraction of sp³-hybridized carbons (Fsp3) is 0.412. The third-order valence-corrected chi connectivity index (χ3v) is 6.12. The number of nitrogens with zero attached hydrogens (tertiary/aromatic N) is 3. The van der Waals surface area contributed by atoms with Gasteiger partial charge in [-0.15, -0.1) is 0 Å². The van der Waals surface area contributed by atoms with Crippen LogP contribution in [0.2, 0.25) is 0 Å². The standard InChI is InChI=1S/C17H18N4O4S/c18-9-7-12-1-3-13(4-2-12)19-17(23)15-5-6-16(22)21(20-15)14-8-10-26(24,25)11-14/h1-4,14H,5-8,10-11H2,(H,19,23). The van der Waals surface area contributed by atoms with Crippen LogP contribution in [0.5, 0.6) is 0 Å². The van der Waals surface area contributed by atoms with Crippen LogP contribution in [-0.2, 0) is 25.8 Å². The van der Waals surface area contributed by atoms with Gasteiger partial charge in [0.2, 0.25) is 5.91 Å². The molecule has 1 fully saturated rings. The molecule has 136 valence electrons. The summed E-state index contributed by atoms with van der Waals surface area (Å²) in [5.74, 6) is -0.758. The minimum absolute atomic E-state index is 0.0353. The zero-order valence-electron chi connectivity index (χ0n) is 14.0. The Morgan fingerprint density at radius 3 is 2.65 bits per heavy atom. The summed E-state index contributed by atoms with van der Waals surface area (Å²) in [6.45, 7) is 0. The van der Waals surface area contributed by atoms with E-state index in [9.17, 15) is 18.0 Å². The monoisotopic (exact) mass is 374 g/mol. The number of rotatable bonds is 4. The predicted molar refractivity (Wildman–Crippen MR) is 95.0 cm³/mol. The molecular weight excluding hydrogens is 356 g/mol. The van der Waals surface area contributed by atoms with Gasteiger partial charge < -0.3 is 5.32 Å². The maximum absolute atomic E-state index is 12.4. The number of amides is 2. The molecule has 1 unspecified atom stereocenters. The van der Waals surface area contributed by atoms with E-state index in [0.29, 0.717) is 18.5 Å². The normalized spacial score (nSPS) is 21.8. The summed E-state index contributed by atoms with van der Waals surface area (Å²) in [5.41, 5.74) is 1.61. The summed E-state index contributed by atoms with van der Waals surface area (Å²) in [5, 5.41) is 16.7. The summed E-state index contributed by atoms with van der Waals surface area (Å²) in [6, 6.07) is 8.44. The summed E-state index contributed by atoms with van der Waals surface area (Å²) >= 11 is 0. The van der Waals surface area contributed by atoms with Crippen molar-refractivity contribution in [2.24, 2.45) is 5.10 Å². The summed E-state index contributed by atoms with van der Waals surface area (Å²) in [4.78, 5) is 24.5. The number of hydrazone groups is 1. The number of anilines is 1. The fourth-order valence-electron chi connectivity index (χ4n) is 2.99.